The molecule has 2 rings (SSSR count). The van der Waals surface area contributed by atoms with E-state index < -0.39 is 29.3 Å². The maximum absolute atomic E-state index is 13.2. The number of rotatable bonds is 5. The topological polar surface area (TPSA) is 61.4 Å². The molecule has 0 unspecified atom stereocenters. The summed E-state index contributed by atoms with van der Waals surface area (Å²) >= 11 is 1.40. The van der Waals surface area contributed by atoms with E-state index >= 15 is 0 Å². The average Bonchev–Trinajstić information content (AvgIpc) is 3.03. The predicted molar refractivity (Wildman–Crippen MR) is 85.2 cm³/mol. The first kappa shape index (κ1) is 17.4. The SMILES string of the molecule is C[C@@H](NC(=O)NC[C@@](C)(O)c1cccs1)c1ccc(F)c(F)c1. The van der Waals surface area contributed by atoms with E-state index in [4.69, 9.17) is 0 Å². The van der Waals surface area contributed by atoms with Crippen LogP contribution in [0.4, 0.5) is 13.6 Å². The molecule has 0 spiro atoms. The Kier molecular flexibility index (Phi) is 5.33. The summed E-state index contributed by atoms with van der Waals surface area (Å²) in [4.78, 5) is 12.6. The summed E-state index contributed by atoms with van der Waals surface area (Å²) in [7, 11) is 0. The van der Waals surface area contributed by atoms with Gasteiger partial charge in [0.25, 0.3) is 0 Å². The molecule has 0 bridgehead atoms. The summed E-state index contributed by atoms with van der Waals surface area (Å²) in [5, 5.41) is 17.4. The summed E-state index contributed by atoms with van der Waals surface area (Å²) in [5.41, 5.74) is -0.722. The molecule has 1 heterocycles. The molecule has 3 N–H and O–H groups in total. The van der Waals surface area contributed by atoms with Crippen molar-refractivity contribution in [3.05, 3.63) is 57.8 Å². The minimum atomic E-state index is -1.17. The van der Waals surface area contributed by atoms with Crippen LogP contribution in [0.2, 0.25) is 0 Å². The second-order valence-corrected chi connectivity index (χ2v) is 6.42. The second kappa shape index (κ2) is 7.06. The molecule has 1 aromatic carbocycles. The number of urea groups is 1. The highest BCUT2D eigenvalue weighted by Crippen LogP contribution is 2.24. The number of benzene rings is 1. The Hall–Kier alpha value is -1.99. The van der Waals surface area contributed by atoms with E-state index in [9.17, 15) is 18.7 Å². The number of amides is 2. The minimum absolute atomic E-state index is 0.0316. The summed E-state index contributed by atoms with van der Waals surface area (Å²) in [6, 6.07) is 6.07. The maximum Gasteiger partial charge on any atom is 0.315 e. The zero-order valence-corrected chi connectivity index (χ0v) is 13.6. The molecule has 2 aromatic rings. The lowest BCUT2D eigenvalue weighted by molar-refractivity contribution is 0.0630. The Labute approximate surface area is 137 Å². The summed E-state index contributed by atoms with van der Waals surface area (Å²) in [5.74, 6) is -1.89. The number of thiophene rings is 1. The van der Waals surface area contributed by atoms with Gasteiger partial charge in [-0.1, -0.05) is 12.1 Å². The number of carbonyl (C=O) groups excluding carboxylic acids is 1. The molecule has 0 aliphatic rings. The zero-order valence-electron chi connectivity index (χ0n) is 12.8. The lowest BCUT2D eigenvalue weighted by Gasteiger charge is -2.23. The third kappa shape index (κ3) is 4.49. The van der Waals surface area contributed by atoms with Crippen LogP contribution in [-0.2, 0) is 5.60 Å². The third-order valence-corrected chi connectivity index (χ3v) is 4.56. The zero-order chi connectivity index (χ0) is 17.0. The van der Waals surface area contributed by atoms with Gasteiger partial charge in [0.2, 0.25) is 0 Å². The van der Waals surface area contributed by atoms with Crippen molar-refractivity contribution in [2.75, 3.05) is 6.54 Å². The fourth-order valence-corrected chi connectivity index (χ4v) is 2.82. The molecule has 0 aliphatic heterocycles. The number of aliphatic hydroxyl groups is 1. The van der Waals surface area contributed by atoms with Crippen molar-refractivity contribution < 1.29 is 18.7 Å². The van der Waals surface area contributed by atoms with E-state index in [1.165, 1.54) is 17.4 Å². The van der Waals surface area contributed by atoms with Gasteiger partial charge in [-0.2, -0.15) is 0 Å². The summed E-state index contributed by atoms with van der Waals surface area (Å²) in [6.45, 7) is 3.30. The van der Waals surface area contributed by atoms with Gasteiger partial charge in [-0.3, -0.25) is 0 Å². The maximum atomic E-state index is 13.2. The first-order valence-electron chi connectivity index (χ1n) is 7.05. The molecule has 0 saturated carbocycles. The van der Waals surface area contributed by atoms with Gasteiger partial charge in [-0.05, 0) is 43.0 Å². The van der Waals surface area contributed by atoms with Gasteiger partial charge in [-0.15, -0.1) is 11.3 Å². The molecular formula is C16H18F2N2O2S. The molecule has 2 amide bonds. The molecule has 0 fully saturated rings. The summed E-state index contributed by atoms with van der Waals surface area (Å²) < 4.78 is 26.1. The van der Waals surface area contributed by atoms with Gasteiger partial charge in [0.1, 0.15) is 5.60 Å². The van der Waals surface area contributed by atoms with Crippen molar-refractivity contribution in [2.24, 2.45) is 0 Å². The lowest BCUT2D eigenvalue weighted by Crippen LogP contribution is -2.43. The van der Waals surface area contributed by atoms with Gasteiger partial charge in [0.05, 0.1) is 12.6 Å². The van der Waals surface area contributed by atoms with Crippen molar-refractivity contribution in [1.29, 1.82) is 0 Å². The van der Waals surface area contributed by atoms with Crippen LogP contribution in [0.1, 0.15) is 30.3 Å². The van der Waals surface area contributed by atoms with Crippen LogP contribution >= 0.6 is 11.3 Å². The number of hydrogen-bond donors (Lipinski definition) is 3. The van der Waals surface area contributed by atoms with Crippen LogP contribution < -0.4 is 10.6 Å². The molecule has 1 aromatic heterocycles. The highest BCUT2D eigenvalue weighted by Gasteiger charge is 2.25. The van der Waals surface area contributed by atoms with Gasteiger partial charge >= 0.3 is 6.03 Å². The van der Waals surface area contributed by atoms with E-state index in [0.717, 1.165) is 17.0 Å². The highest BCUT2D eigenvalue weighted by molar-refractivity contribution is 7.10. The van der Waals surface area contributed by atoms with Crippen molar-refractivity contribution in [3.63, 3.8) is 0 Å². The van der Waals surface area contributed by atoms with Crippen LogP contribution in [-0.4, -0.2) is 17.7 Å². The quantitative estimate of drug-likeness (QED) is 0.782. The van der Waals surface area contributed by atoms with Crippen molar-refractivity contribution in [1.82, 2.24) is 10.6 Å². The summed E-state index contributed by atoms with van der Waals surface area (Å²) in [6.07, 6.45) is 0. The Morgan fingerprint density at radius 2 is 2.09 bits per heavy atom. The van der Waals surface area contributed by atoms with Gasteiger partial charge in [0, 0.05) is 4.88 Å². The van der Waals surface area contributed by atoms with Crippen LogP contribution in [0.3, 0.4) is 0 Å². The first-order chi connectivity index (χ1) is 10.8. The van der Waals surface area contributed by atoms with Crippen LogP contribution in [0.5, 0.6) is 0 Å². The molecule has 0 aliphatic carbocycles. The largest absolute Gasteiger partial charge is 0.383 e. The molecule has 0 saturated heterocycles. The normalized spacial score (nSPS) is 14.8. The van der Waals surface area contributed by atoms with Crippen molar-refractivity contribution >= 4 is 17.4 Å². The van der Waals surface area contributed by atoms with Crippen molar-refractivity contribution in [3.8, 4) is 0 Å². The number of hydrogen-bond acceptors (Lipinski definition) is 3. The number of carbonyl (C=O) groups is 1. The monoisotopic (exact) mass is 340 g/mol. The molecule has 7 heteroatoms. The van der Waals surface area contributed by atoms with E-state index in [1.54, 1.807) is 19.9 Å². The van der Waals surface area contributed by atoms with Gasteiger partial charge < -0.3 is 15.7 Å². The fraction of sp³-hybridized carbons (Fsp3) is 0.312. The Morgan fingerprint density at radius 1 is 1.35 bits per heavy atom. The van der Waals surface area contributed by atoms with Crippen molar-refractivity contribution in [2.45, 2.75) is 25.5 Å². The van der Waals surface area contributed by atoms with E-state index in [2.05, 4.69) is 10.6 Å². The van der Waals surface area contributed by atoms with Crippen LogP contribution in [0.25, 0.3) is 0 Å². The standard InChI is InChI=1S/C16H18F2N2O2S/c1-10(11-5-6-12(17)13(18)8-11)20-15(21)19-9-16(2,22)14-4-3-7-23-14/h3-8,10,22H,9H2,1-2H3,(H2,19,20,21)/t10-,16-/m1/s1. The number of halogens is 2. The Morgan fingerprint density at radius 3 is 2.70 bits per heavy atom. The Balaban J connectivity index is 1.90. The third-order valence-electron chi connectivity index (χ3n) is 3.44. The molecule has 2 atom stereocenters. The minimum Gasteiger partial charge on any atom is -0.383 e. The highest BCUT2D eigenvalue weighted by atomic mass is 32.1. The average molecular weight is 340 g/mol. The van der Waals surface area contributed by atoms with E-state index in [1.807, 2.05) is 11.4 Å². The second-order valence-electron chi connectivity index (χ2n) is 5.47. The number of nitrogens with one attached hydrogen (secondary N) is 2. The Bertz CT molecular complexity index is 675. The van der Waals surface area contributed by atoms with Gasteiger partial charge in [-0.25, -0.2) is 13.6 Å². The van der Waals surface area contributed by atoms with Crippen LogP contribution in [0, 0.1) is 11.6 Å². The smallest absolute Gasteiger partial charge is 0.315 e. The predicted octanol–water partition coefficient (Wildman–Crippen LogP) is 3.29. The molecule has 124 valence electrons. The fourth-order valence-electron chi connectivity index (χ4n) is 2.04. The lowest BCUT2D eigenvalue weighted by atomic mass is 10.1. The first-order valence-corrected chi connectivity index (χ1v) is 7.93. The van der Waals surface area contributed by atoms with E-state index in [0.29, 0.717) is 5.56 Å². The molecular weight excluding hydrogens is 322 g/mol. The van der Waals surface area contributed by atoms with E-state index in [-0.39, 0.29) is 6.54 Å². The van der Waals surface area contributed by atoms with Crippen LogP contribution in [0.15, 0.2) is 35.7 Å². The molecule has 4 nitrogen and oxygen atoms in total. The molecule has 0 radical (unpaired) electrons. The van der Waals surface area contributed by atoms with Gasteiger partial charge in [0.15, 0.2) is 11.6 Å². The molecule has 23 heavy (non-hydrogen) atoms.